The minimum atomic E-state index is -3.70. The second kappa shape index (κ2) is 10.4. The second-order valence-corrected chi connectivity index (χ2v) is 10.3. The number of hydrogen-bond acceptors (Lipinski definition) is 7. The Kier molecular flexibility index (Phi) is 7.30. The molecule has 1 unspecified atom stereocenters. The molecule has 8 nitrogen and oxygen atoms in total. The molecule has 1 aliphatic rings. The third-order valence-corrected chi connectivity index (χ3v) is 6.15. The van der Waals surface area contributed by atoms with E-state index in [1.54, 1.807) is 13.8 Å². The summed E-state index contributed by atoms with van der Waals surface area (Å²) in [6, 6.07) is 20.6. The van der Waals surface area contributed by atoms with E-state index in [1.165, 1.54) is 24.3 Å². The van der Waals surface area contributed by atoms with Gasteiger partial charge < -0.3 is 19.0 Å². The molecule has 1 N–H and O–H groups in total. The van der Waals surface area contributed by atoms with Gasteiger partial charge in [0.2, 0.25) is 0 Å². The van der Waals surface area contributed by atoms with Crippen molar-refractivity contribution in [1.82, 2.24) is 5.32 Å². The number of ether oxygens (including phenoxy) is 2. The summed E-state index contributed by atoms with van der Waals surface area (Å²) in [5, 5.41) is 2.58. The smallest absolute Gasteiger partial charge is 0.408 e. The lowest BCUT2D eigenvalue weighted by Crippen LogP contribution is -2.36. The second-order valence-electron chi connectivity index (χ2n) is 8.75. The van der Waals surface area contributed by atoms with Crippen molar-refractivity contribution in [1.29, 1.82) is 0 Å². The van der Waals surface area contributed by atoms with Gasteiger partial charge >= 0.3 is 22.2 Å². The molecule has 0 spiro atoms. The van der Waals surface area contributed by atoms with Crippen molar-refractivity contribution >= 4 is 22.2 Å². The normalized spacial score (nSPS) is 13.4. The maximum atomic E-state index is 12.8. The van der Waals surface area contributed by atoms with Gasteiger partial charge in [0.25, 0.3) is 0 Å². The van der Waals surface area contributed by atoms with E-state index < -0.39 is 34.3 Å². The van der Waals surface area contributed by atoms with Crippen molar-refractivity contribution < 1.29 is 31.7 Å². The van der Waals surface area contributed by atoms with Gasteiger partial charge in [-0.15, -0.1) is 0 Å². The maximum absolute atomic E-state index is 12.8. The lowest BCUT2D eigenvalue weighted by Gasteiger charge is -2.20. The van der Waals surface area contributed by atoms with Crippen LogP contribution in [0.25, 0.3) is 11.1 Å². The summed E-state index contributed by atoms with van der Waals surface area (Å²) in [4.78, 5) is 25.6. The zero-order chi connectivity index (χ0) is 25.9. The number of fused-ring (bicyclic) bond motifs is 3. The third kappa shape index (κ3) is 5.85. The maximum Gasteiger partial charge on any atom is 0.408 e. The van der Waals surface area contributed by atoms with Crippen LogP contribution in [0.3, 0.4) is 0 Å². The van der Waals surface area contributed by atoms with E-state index in [0.29, 0.717) is 5.56 Å². The molecule has 0 aromatic heterocycles. The number of carbonyl (C=O) groups excluding carboxylic acids is 2. The van der Waals surface area contributed by atoms with Crippen molar-refractivity contribution in [3.05, 3.63) is 89.5 Å². The summed E-state index contributed by atoms with van der Waals surface area (Å²) in [5.41, 5.74) is 4.75. The lowest BCUT2D eigenvalue weighted by molar-refractivity contribution is -0.150. The molecule has 36 heavy (non-hydrogen) atoms. The lowest BCUT2D eigenvalue weighted by atomic mass is 9.98. The molecule has 1 amide bonds. The van der Waals surface area contributed by atoms with Crippen LogP contribution in [0, 0.1) is 0 Å². The zero-order valence-electron chi connectivity index (χ0n) is 20.1. The van der Waals surface area contributed by atoms with Gasteiger partial charge in [0.1, 0.15) is 12.4 Å². The molecular formula is C27H27NO7S. The van der Waals surface area contributed by atoms with E-state index in [9.17, 15) is 18.0 Å². The highest BCUT2D eigenvalue weighted by atomic mass is 32.2. The van der Waals surface area contributed by atoms with Crippen LogP contribution in [0.15, 0.2) is 72.8 Å². The van der Waals surface area contributed by atoms with Crippen LogP contribution >= 0.6 is 0 Å². The zero-order valence-corrected chi connectivity index (χ0v) is 20.9. The van der Waals surface area contributed by atoms with Crippen molar-refractivity contribution in [2.24, 2.45) is 0 Å². The fourth-order valence-electron chi connectivity index (χ4n) is 4.23. The average molecular weight is 510 g/mol. The van der Waals surface area contributed by atoms with Gasteiger partial charge in [0.15, 0.2) is 6.04 Å². The molecule has 1 atom stereocenters. The third-order valence-electron chi connectivity index (χ3n) is 5.65. The Hall–Kier alpha value is -3.85. The molecule has 3 aromatic rings. The first-order valence-corrected chi connectivity index (χ1v) is 13.3. The number of rotatable bonds is 8. The van der Waals surface area contributed by atoms with Crippen LogP contribution in [-0.4, -0.2) is 39.4 Å². The van der Waals surface area contributed by atoms with Crippen LogP contribution in [0.2, 0.25) is 0 Å². The first-order valence-electron chi connectivity index (χ1n) is 11.4. The van der Waals surface area contributed by atoms with Gasteiger partial charge in [-0.25, -0.2) is 9.59 Å². The average Bonchev–Trinajstić information content (AvgIpc) is 3.14. The summed E-state index contributed by atoms with van der Waals surface area (Å²) in [6.45, 7) is 3.49. The standard InChI is InChI=1S/C27H27NO7S/c1-17(2)34-26(29)25(18-12-14-19(15-13-18)35-36(3,31)32)28-27(30)33-16-24-22-10-6-4-8-20(22)21-9-5-7-11-23(21)24/h4-15,17,24-25H,16H2,1-3H3,(H,28,30). The summed E-state index contributed by atoms with van der Waals surface area (Å²) in [6.07, 6.45) is -0.251. The highest BCUT2D eigenvalue weighted by molar-refractivity contribution is 7.86. The molecule has 9 heteroatoms. The Morgan fingerprint density at radius 3 is 1.97 bits per heavy atom. The number of nitrogens with one attached hydrogen (secondary N) is 1. The summed E-state index contributed by atoms with van der Waals surface area (Å²) in [7, 11) is -3.70. The van der Waals surface area contributed by atoms with E-state index in [0.717, 1.165) is 28.5 Å². The van der Waals surface area contributed by atoms with Crippen LogP contribution in [0.5, 0.6) is 5.75 Å². The Morgan fingerprint density at radius 2 is 1.44 bits per heavy atom. The van der Waals surface area contributed by atoms with Gasteiger partial charge in [-0.3, -0.25) is 0 Å². The first-order chi connectivity index (χ1) is 17.1. The van der Waals surface area contributed by atoms with Crippen molar-refractivity contribution in [2.75, 3.05) is 12.9 Å². The van der Waals surface area contributed by atoms with Gasteiger partial charge in [-0.1, -0.05) is 60.7 Å². The Balaban J connectivity index is 1.49. The molecule has 3 aromatic carbocycles. The van der Waals surface area contributed by atoms with Crippen LogP contribution < -0.4 is 9.50 Å². The number of esters is 1. The molecule has 0 heterocycles. The van der Waals surface area contributed by atoms with E-state index in [1.807, 2.05) is 48.5 Å². The predicted octanol–water partition coefficient (Wildman–Crippen LogP) is 4.56. The quantitative estimate of drug-likeness (QED) is 0.350. The number of alkyl carbamates (subject to hydrolysis) is 1. The van der Waals surface area contributed by atoms with Gasteiger partial charge in [-0.2, -0.15) is 8.42 Å². The van der Waals surface area contributed by atoms with Gasteiger partial charge in [-0.05, 0) is 53.8 Å². The molecule has 0 radical (unpaired) electrons. The summed E-state index contributed by atoms with van der Waals surface area (Å²) >= 11 is 0. The number of amides is 1. The highest BCUT2D eigenvalue weighted by Gasteiger charge is 2.30. The van der Waals surface area contributed by atoms with Crippen molar-refractivity contribution in [3.8, 4) is 16.9 Å². The van der Waals surface area contributed by atoms with Gasteiger partial charge in [0.05, 0.1) is 12.4 Å². The van der Waals surface area contributed by atoms with E-state index >= 15 is 0 Å². The minimum absolute atomic E-state index is 0.0818. The monoisotopic (exact) mass is 509 g/mol. The molecule has 0 saturated heterocycles. The van der Waals surface area contributed by atoms with E-state index in [2.05, 4.69) is 5.32 Å². The minimum Gasteiger partial charge on any atom is -0.461 e. The molecule has 0 saturated carbocycles. The number of hydrogen-bond donors (Lipinski definition) is 1. The summed E-state index contributed by atoms with van der Waals surface area (Å²) < 4.78 is 38.4. The van der Waals surface area contributed by atoms with Crippen molar-refractivity contribution in [2.45, 2.75) is 31.9 Å². The fraction of sp³-hybridized carbons (Fsp3) is 0.259. The van der Waals surface area contributed by atoms with E-state index in [4.69, 9.17) is 13.7 Å². The predicted molar refractivity (Wildman–Crippen MR) is 134 cm³/mol. The molecule has 4 rings (SSSR count). The fourth-order valence-corrected chi connectivity index (χ4v) is 4.69. The Labute approximate surface area is 210 Å². The molecule has 0 fully saturated rings. The van der Waals surface area contributed by atoms with Gasteiger partial charge in [0, 0.05) is 5.92 Å². The van der Waals surface area contributed by atoms with Crippen LogP contribution in [0.4, 0.5) is 4.79 Å². The molecule has 0 aliphatic heterocycles. The first kappa shape index (κ1) is 25.2. The SMILES string of the molecule is CC(C)OC(=O)C(NC(=O)OCC1c2ccccc2-c2ccccc21)c1ccc(OS(C)(=O)=O)cc1. The Morgan fingerprint density at radius 1 is 0.889 bits per heavy atom. The highest BCUT2D eigenvalue weighted by Crippen LogP contribution is 2.44. The largest absolute Gasteiger partial charge is 0.461 e. The topological polar surface area (TPSA) is 108 Å². The van der Waals surface area contributed by atoms with Crippen molar-refractivity contribution in [3.63, 3.8) is 0 Å². The molecule has 1 aliphatic carbocycles. The number of benzene rings is 3. The van der Waals surface area contributed by atoms with Crippen LogP contribution in [-0.2, 0) is 24.4 Å². The van der Waals surface area contributed by atoms with E-state index in [-0.39, 0.29) is 18.3 Å². The molecule has 188 valence electrons. The van der Waals surface area contributed by atoms with Crippen LogP contribution in [0.1, 0.15) is 42.5 Å². The summed E-state index contributed by atoms with van der Waals surface area (Å²) in [5.74, 6) is -0.717. The molecule has 0 bridgehead atoms. The Bertz CT molecular complexity index is 1320. The number of carbonyl (C=O) groups is 2. The molecular weight excluding hydrogens is 482 g/mol.